The van der Waals surface area contributed by atoms with E-state index in [1.807, 2.05) is 16.7 Å². The summed E-state index contributed by atoms with van der Waals surface area (Å²) in [5, 5.41) is 13.6. The van der Waals surface area contributed by atoms with E-state index in [0.717, 1.165) is 24.2 Å². The van der Waals surface area contributed by atoms with Gasteiger partial charge in [-0.1, -0.05) is 24.3 Å². The number of hydrogen-bond acceptors (Lipinski definition) is 6. The molecule has 4 aromatic rings. The number of aryl methyl sites for hydroxylation is 1. The molecular formula is C22H19FIN5O2. The van der Waals surface area contributed by atoms with E-state index < -0.39 is 0 Å². The van der Waals surface area contributed by atoms with Gasteiger partial charge in [-0.15, -0.1) is 0 Å². The number of rotatable bonds is 5. The lowest BCUT2D eigenvalue weighted by atomic mass is 10.00. The Labute approximate surface area is 191 Å². The van der Waals surface area contributed by atoms with Crippen molar-refractivity contribution >= 4 is 39.6 Å². The zero-order chi connectivity index (χ0) is 21.4. The highest BCUT2D eigenvalue weighted by Gasteiger charge is 2.20. The van der Waals surface area contributed by atoms with E-state index in [1.54, 1.807) is 24.3 Å². The Balaban J connectivity index is 1.37. The molecule has 0 aliphatic carbocycles. The standard InChI is InChI=1S/C22H19FIN5O2/c23-16-5-2-1-4-14(16)15-12-13(6-7-17(15)30)8-9-25-19-18-20(28-21(24)27-19)29-10-3-11-31-22(29)26-18/h1-2,4-7,12,30H,3,8-11H2,(H,25,27,28). The number of phenols is 1. The number of imidazole rings is 1. The fourth-order valence-electron chi connectivity index (χ4n) is 3.73. The first-order valence-corrected chi connectivity index (χ1v) is 11.1. The first-order valence-electron chi connectivity index (χ1n) is 9.97. The Morgan fingerprint density at radius 1 is 1.13 bits per heavy atom. The molecule has 2 aromatic heterocycles. The first kappa shape index (κ1) is 20.0. The van der Waals surface area contributed by atoms with E-state index in [9.17, 15) is 9.50 Å². The van der Waals surface area contributed by atoms with Gasteiger partial charge in [0.2, 0.25) is 0 Å². The van der Waals surface area contributed by atoms with Crippen LogP contribution in [0.4, 0.5) is 10.2 Å². The lowest BCUT2D eigenvalue weighted by Crippen LogP contribution is -2.14. The second-order valence-electron chi connectivity index (χ2n) is 7.27. The molecule has 1 aliphatic rings. The monoisotopic (exact) mass is 531 g/mol. The number of phenolic OH excluding ortho intramolecular Hbond substituents is 1. The second kappa shape index (κ2) is 8.29. The minimum absolute atomic E-state index is 0.0532. The molecule has 7 nitrogen and oxygen atoms in total. The second-order valence-corrected chi connectivity index (χ2v) is 8.23. The molecule has 3 heterocycles. The largest absolute Gasteiger partial charge is 0.507 e. The summed E-state index contributed by atoms with van der Waals surface area (Å²) in [4.78, 5) is 13.6. The van der Waals surface area contributed by atoms with Crippen molar-refractivity contribution in [2.24, 2.45) is 0 Å². The van der Waals surface area contributed by atoms with Gasteiger partial charge in [0.15, 0.2) is 20.8 Å². The fraction of sp³-hybridized carbons (Fsp3) is 0.227. The van der Waals surface area contributed by atoms with Gasteiger partial charge < -0.3 is 15.2 Å². The number of hydrogen-bond donors (Lipinski definition) is 2. The Bertz CT molecular complexity index is 1280. The third kappa shape index (κ3) is 3.89. The topological polar surface area (TPSA) is 85.1 Å². The predicted molar refractivity (Wildman–Crippen MR) is 124 cm³/mol. The molecule has 9 heteroatoms. The lowest BCUT2D eigenvalue weighted by Gasteiger charge is -2.14. The number of fused-ring (bicyclic) bond motifs is 3. The van der Waals surface area contributed by atoms with Crippen LogP contribution in [-0.2, 0) is 13.0 Å². The summed E-state index contributed by atoms with van der Waals surface area (Å²) in [5.74, 6) is 0.350. The summed E-state index contributed by atoms with van der Waals surface area (Å²) in [6, 6.07) is 12.3. The van der Waals surface area contributed by atoms with E-state index in [1.165, 1.54) is 6.07 Å². The van der Waals surface area contributed by atoms with Crippen molar-refractivity contribution in [1.82, 2.24) is 19.5 Å². The maximum absolute atomic E-state index is 14.2. The van der Waals surface area contributed by atoms with Gasteiger partial charge in [-0.25, -0.2) is 14.4 Å². The van der Waals surface area contributed by atoms with E-state index in [-0.39, 0.29) is 11.6 Å². The molecule has 0 spiro atoms. The molecule has 0 amide bonds. The SMILES string of the molecule is Oc1ccc(CCNc2nc(I)nc3c2nc2n3CCCO2)cc1-c1ccccc1F. The third-order valence-corrected chi connectivity index (χ3v) is 5.70. The normalized spacial score (nSPS) is 13.1. The van der Waals surface area contributed by atoms with Gasteiger partial charge in [0.05, 0.1) is 6.61 Å². The maximum Gasteiger partial charge on any atom is 0.298 e. The highest BCUT2D eigenvalue weighted by molar-refractivity contribution is 14.1. The van der Waals surface area contributed by atoms with Crippen LogP contribution in [0.3, 0.4) is 0 Å². The Morgan fingerprint density at radius 3 is 2.87 bits per heavy atom. The maximum atomic E-state index is 14.2. The van der Waals surface area contributed by atoms with Gasteiger partial charge in [-0.3, -0.25) is 4.57 Å². The average Bonchev–Trinajstić information content (AvgIpc) is 3.14. The summed E-state index contributed by atoms with van der Waals surface area (Å²) < 4.78 is 22.5. The molecule has 0 bridgehead atoms. The summed E-state index contributed by atoms with van der Waals surface area (Å²) in [7, 11) is 0. The Kier molecular flexibility index (Phi) is 5.34. The van der Waals surface area contributed by atoms with Crippen molar-refractivity contribution < 1.29 is 14.2 Å². The van der Waals surface area contributed by atoms with Crippen molar-refractivity contribution in [3.8, 4) is 22.9 Å². The van der Waals surface area contributed by atoms with Crippen LogP contribution >= 0.6 is 22.6 Å². The molecule has 0 saturated carbocycles. The van der Waals surface area contributed by atoms with Crippen molar-refractivity contribution in [2.45, 2.75) is 19.4 Å². The van der Waals surface area contributed by atoms with Crippen molar-refractivity contribution in [1.29, 1.82) is 0 Å². The molecule has 0 radical (unpaired) electrons. The Hall–Kier alpha value is -2.95. The van der Waals surface area contributed by atoms with E-state index >= 15 is 0 Å². The minimum atomic E-state index is -0.364. The zero-order valence-corrected chi connectivity index (χ0v) is 18.6. The number of halogens is 2. The van der Waals surface area contributed by atoms with Crippen molar-refractivity contribution in [2.75, 3.05) is 18.5 Å². The molecule has 0 unspecified atom stereocenters. The molecule has 0 saturated heterocycles. The Morgan fingerprint density at radius 2 is 2.00 bits per heavy atom. The van der Waals surface area contributed by atoms with Crippen LogP contribution in [-0.4, -0.2) is 37.8 Å². The number of nitrogens with zero attached hydrogens (tertiary/aromatic N) is 4. The van der Waals surface area contributed by atoms with Crippen LogP contribution in [0.25, 0.3) is 22.3 Å². The number of aromatic nitrogens is 4. The van der Waals surface area contributed by atoms with Gasteiger partial charge >= 0.3 is 0 Å². The molecule has 0 fully saturated rings. The summed E-state index contributed by atoms with van der Waals surface area (Å²) in [6.07, 6.45) is 1.58. The summed E-state index contributed by atoms with van der Waals surface area (Å²) >= 11 is 2.10. The van der Waals surface area contributed by atoms with E-state index in [4.69, 9.17) is 4.74 Å². The molecular weight excluding hydrogens is 512 g/mol. The third-order valence-electron chi connectivity index (χ3n) is 5.22. The molecule has 5 rings (SSSR count). The smallest absolute Gasteiger partial charge is 0.298 e. The first-order chi connectivity index (χ1) is 15.1. The van der Waals surface area contributed by atoms with Gasteiger partial charge in [0.25, 0.3) is 6.01 Å². The van der Waals surface area contributed by atoms with Crippen LogP contribution in [0.15, 0.2) is 42.5 Å². The zero-order valence-electron chi connectivity index (χ0n) is 16.5. The molecule has 0 atom stereocenters. The van der Waals surface area contributed by atoms with Gasteiger partial charge in [-0.2, -0.15) is 4.98 Å². The van der Waals surface area contributed by atoms with Crippen molar-refractivity contribution in [3.05, 3.63) is 57.7 Å². The van der Waals surface area contributed by atoms with Gasteiger partial charge in [0.1, 0.15) is 11.6 Å². The van der Waals surface area contributed by atoms with E-state index in [0.29, 0.717) is 51.9 Å². The molecule has 158 valence electrons. The number of aromatic hydroxyl groups is 1. The van der Waals surface area contributed by atoms with Gasteiger partial charge in [0, 0.05) is 46.8 Å². The summed E-state index contributed by atoms with van der Waals surface area (Å²) in [6.45, 7) is 2.07. The van der Waals surface area contributed by atoms with Crippen LogP contribution in [0.1, 0.15) is 12.0 Å². The van der Waals surface area contributed by atoms with Gasteiger partial charge in [-0.05, 0) is 36.6 Å². The molecule has 1 aliphatic heterocycles. The highest BCUT2D eigenvalue weighted by atomic mass is 127. The van der Waals surface area contributed by atoms with Crippen LogP contribution < -0.4 is 10.1 Å². The number of ether oxygens (including phenoxy) is 1. The van der Waals surface area contributed by atoms with Crippen LogP contribution in [0.2, 0.25) is 0 Å². The number of benzene rings is 2. The fourth-order valence-corrected chi connectivity index (χ4v) is 4.20. The van der Waals surface area contributed by atoms with Crippen LogP contribution in [0, 0.1) is 9.65 Å². The van der Waals surface area contributed by atoms with E-state index in [2.05, 4.69) is 42.9 Å². The molecule has 2 aromatic carbocycles. The molecule has 31 heavy (non-hydrogen) atoms. The van der Waals surface area contributed by atoms with Crippen molar-refractivity contribution in [3.63, 3.8) is 0 Å². The molecule has 2 N–H and O–H groups in total. The van der Waals surface area contributed by atoms with Crippen LogP contribution in [0.5, 0.6) is 11.8 Å². The number of nitrogens with one attached hydrogen (secondary N) is 1. The predicted octanol–water partition coefficient (Wildman–Crippen LogP) is 4.38. The average molecular weight is 531 g/mol. The summed E-state index contributed by atoms with van der Waals surface area (Å²) in [5.41, 5.74) is 3.29. The minimum Gasteiger partial charge on any atom is -0.507 e. The quantitative estimate of drug-likeness (QED) is 0.294. The number of anilines is 1. The highest BCUT2D eigenvalue weighted by Crippen LogP contribution is 2.32. The lowest BCUT2D eigenvalue weighted by molar-refractivity contribution is 0.233.